The molecule has 3 unspecified atom stereocenters. The van der Waals surface area contributed by atoms with Gasteiger partial charge in [0, 0.05) is 19.6 Å². The number of likely N-dealkylation sites (tertiary alicyclic amines) is 1. The molecule has 1 aromatic rings. The average Bonchev–Trinajstić information content (AvgIpc) is 2.54. The lowest BCUT2D eigenvalue weighted by atomic mass is 9.74. The fourth-order valence-corrected chi connectivity index (χ4v) is 3.86. The molecule has 0 radical (unpaired) electrons. The van der Waals surface area contributed by atoms with Crippen LogP contribution in [0.3, 0.4) is 0 Å². The minimum Gasteiger partial charge on any atom is -0.469 e. The number of rotatable bonds is 3. The van der Waals surface area contributed by atoms with Gasteiger partial charge in [-0.25, -0.2) is 0 Å². The van der Waals surface area contributed by atoms with Crippen molar-refractivity contribution >= 4 is 5.97 Å². The summed E-state index contributed by atoms with van der Waals surface area (Å²) < 4.78 is 5.05. The first-order chi connectivity index (χ1) is 10.3. The van der Waals surface area contributed by atoms with Crippen molar-refractivity contribution in [3.05, 3.63) is 35.9 Å². The van der Waals surface area contributed by atoms with E-state index in [-0.39, 0.29) is 11.9 Å². The third-order valence-corrected chi connectivity index (χ3v) is 4.88. The molecule has 2 fully saturated rings. The smallest absolute Gasteiger partial charge is 0.310 e. The van der Waals surface area contributed by atoms with E-state index in [2.05, 4.69) is 34.5 Å². The quantitative estimate of drug-likeness (QED) is 0.856. The summed E-state index contributed by atoms with van der Waals surface area (Å²) in [5, 5.41) is 3.47. The number of nitrogens with one attached hydrogen (secondary N) is 1. The number of fused-ring (bicyclic) bond motifs is 1. The number of hydrogen-bond donors (Lipinski definition) is 1. The molecule has 1 N–H and O–H groups in total. The Morgan fingerprint density at radius 2 is 2.14 bits per heavy atom. The van der Waals surface area contributed by atoms with Gasteiger partial charge in [0.25, 0.3) is 0 Å². The Morgan fingerprint density at radius 1 is 1.33 bits per heavy atom. The van der Waals surface area contributed by atoms with Crippen LogP contribution in [0.25, 0.3) is 0 Å². The molecular weight excluding hydrogens is 264 g/mol. The van der Waals surface area contributed by atoms with Gasteiger partial charge in [0.15, 0.2) is 0 Å². The van der Waals surface area contributed by atoms with Crippen molar-refractivity contribution in [3.63, 3.8) is 0 Å². The van der Waals surface area contributed by atoms with Gasteiger partial charge in [-0.1, -0.05) is 30.3 Å². The van der Waals surface area contributed by atoms with Crippen LogP contribution in [0.15, 0.2) is 30.3 Å². The predicted octanol–water partition coefficient (Wildman–Crippen LogP) is 1.52. The molecule has 0 saturated carbocycles. The molecule has 0 amide bonds. The van der Waals surface area contributed by atoms with Crippen LogP contribution >= 0.6 is 0 Å². The zero-order chi connectivity index (χ0) is 14.7. The number of hydrogen-bond acceptors (Lipinski definition) is 4. The highest BCUT2D eigenvalue weighted by atomic mass is 16.5. The summed E-state index contributed by atoms with van der Waals surface area (Å²) in [6.07, 6.45) is 1.09. The minimum atomic E-state index is -0.0374. The fourth-order valence-electron chi connectivity index (χ4n) is 3.86. The maximum Gasteiger partial charge on any atom is 0.310 e. The molecule has 4 heteroatoms. The Kier molecular flexibility index (Phi) is 4.56. The second kappa shape index (κ2) is 6.58. The summed E-state index contributed by atoms with van der Waals surface area (Å²) >= 11 is 0. The van der Waals surface area contributed by atoms with Gasteiger partial charge in [-0.15, -0.1) is 0 Å². The Hall–Kier alpha value is -1.39. The van der Waals surface area contributed by atoms with E-state index >= 15 is 0 Å². The zero-order valence-electron chi connectivity index (χ0n) is 12.6. The molecule has 0 aliphatic carbocycles. The molecule has 114 valence electrons. The van der Waals surface area contributed by atoms with Crippen molar-refractivity contribution in [2.75, 3.05) is 33.3 Å². The van der Waals surface area contributed by atoms with E-state index in [4.69, 9.17) is 4.74 Å². The van der Waals surface area contributed by atoms with E-state index < -0.39 is 0 Å². The summed E-state index contributed by atoms with van der Waals surface area (Å²) in [4.78, 5) is 14.6. The molecular formula is C17H24N2O2. The second-order valence-corrected chi connectivity index (χ2v) is 6.23. The maximum atomic E-state index is 12.2. The van der Waals surface area contributed by atoms with Gasteiger partial charge in [0.2, 0.25) is 0 Å². The first kappa shape index (κ1) is 14.5. The molecule has 2 saturated heterocycles. The molecule has 3 rings (SSSR count). The van der Waals surface area contributed by atoms with Crippen LogP contribution < -0.4 is 5.32 Å². The maximum absolute atomic E-state index is 12.2. The molecule has 1 aromatic carbocycles. The number of esters is 1. The Balaban J connectivity index is 1.73. The average molecular weight is 288 g/mol. The second-order valence-electron chi connectivity index (χ2n) is 6.23. The van der Waals surface area contributed by atoms with Gasteiger partial charge in [-0.05, 0) is 36.9 Å². The third-order valence-electron chi connectivity index (χ3n) is 4.88. The fraction of sp³-hybridized carbons (Fsp3) is 0.588. The van der Waals surface area contributed by atoms with Gasteiger partial charge in [0.05, 0.1) is 13.0 Å². The number of carbonyl (C=O) groups excluding carboxylic acids is 1. The summed E-state index contributed by atoms with van der Waals surface area (Å²) in [5.41, 5.74) is 1.31. The Bertz CT molecular complexity index is 477. The zero-order valence-corrected chi connectivity index (χ0v) is 12.6. The van der Waals surface area contributed by atoms with Crippen LogP contribution in [-0.2, 0) is 16.1 Å². The number of nitrogens with zero attached hydrogens (tertiary/aromatic N) is 1. The topological polar surface area (TPSA) is 41.6 Å². The summed E-state index contributed by atoms with van der Waals surface area (Å²) in [6, 6.07) is 10.5. The molecule has 0 aromatic heterocycles. The van der Waals surface area contributed by atoms with Crippen molar-refractivity contribution in [3.8, 4) is 0 Å². The highest BCUT2D eigenvalue weighted by molar-refractivity contribution is 5.73. The Morgan fingerprint density at radius 3 is 2.90 bits per heavy atom. The molecule has 21 heavy (non-hydrogen) atoms. The van der Waals surface area contributed by atoms with Crippen molar-refractivity contribution in [1.29, 1.82) is 0 Å². The highest BCUT2D eigenvalue weighted by Gasteiger charge is 2.41. The van der Waals surface area contributed by atoms with Crippen LogP contribution in [0.2, 0.25) is 0 Å². The van der Waals surface area contributed by atoms with Crippen LogP contribution in [0.1, 0.15) is 12.0 Å². The van der Waals surface area contributed by atoms with E-state index in [1.54, 1.807) is 0 Å². The minimum absolute atomic E-state index is 0.0274. The lowest BCUT2D eigenvalue weighted by molar-refractivity contribution is -0.152. The lowest BCUT2D eigenvalue weighted by Gasteiger charge is -2.45. The van der Waals surface area contributed by atoms with Gasteiger partial charge < -0.3 is 10.1 Å². The van der Waals surface area contributed by atoms with E-state index in [1.165, 1.54) is 12.7 Å². The SMILES string of the molecule is COC(=O)C1CN(Cc2ccccc2)CC2CNCCC21. The van der Waals surface area contributed by atoms with E-state index in [0.717, 1.165) is 39.1 Å². The molecule has 3 atom stereocenters. The van der Waals surface area contributed by atoms with E-state index in [1.807, 2.05) is 6.07 Å². The molecule has 2 aliphatic rings. The lowest BCUT2D eigenvalue weighted by Crippen LogP contribution is -2.54. The first-order valence-electron chi connectivity index (χ1n) is 7.82. The first-order valence-corrected chi connectivity index (χ1v) is 7.82. The van der Waals surface area contributed by atoms with Crippen molar-refractivity contribution in [1.82, 2.24) is 10.2 Å². The molecule has 0 spiro atoms. The summed E-state index contributed by atoms with van der Waals surface area (Å²) in [5.74, 6) is 1.02. The van der Waals surface area contributed by atoms with Crippen LogP contribution in [-0.4, -0.2) is 44.2 Å². The van der Waals surface area contributed by atoms with Crippen molar-refractivity contribution in [2.24, 2.45) is 17.8 Å². The normalized spacial score (nSPS) is 29.7. The predicted molar refractivity (Wildman–Crippen MR) is 81.7 cm³/mol. The van der Waals surface area contributed by atoms with E-state index in [0.29, 0.717) is 11.8 Å². The monoisotopic (exact) mass is 288 g/mol. The number of carbonyl (C=O) groups is 1. The van der Waals surface area contributed by atoms with Crippen molar-refractivity contribution < 1.29 is 9.53 Å². The van der Waals surface area contributed by atoms with Crippen LogP contribution in [0.4, 0.5) is 0 Å². The number of ether oxygens (including phenoxy) is 1. The largest absolute Gasteiger partial charge is 0.469 e. The third kappa shape index (κ3) is 3.27. The summed E-state index contributed by atoms with van der Waals surface area (Å²) in [6.45, 7) is 4.84. The number of methoxy groups -OCH3 is 1. The van der Waals surface area contributed by atoms with E-state index in [9.17, 15) is 4.79 Å². The molecule has 2 heterocycles. The molecule has 2 aliphatic heterocycles. The Labute approximate surface area is 126 Å². The van der Waals surface area contributed by atoms with Gasteiger partial charge in [-0.3, -0.25) is 9.69 Å². The summed E-state index contributed by atoms with van der Waals surface area (Å²) in [7, 11) is 1.51. The van der Waals surface area contributed by atoms with Gasteiger partial charge >= 0.3 is 5.97 Å². The molecule has 4 nitrogen and oxygen atoms in total. The van der Waals surface area contributed by atoms with Crippen LogP contribution in [0, 0.1) is 17.8 Å². The number of piperidine rings is 2. The highest BCUT2D eigenvalue weighted by Crippen LogP contribution is 2.34. The van der Waals surface area contributed by atoms with Crippen molar-refractivity contribution in [2.45, 2.75) is 13.0 Å². The van der Waals surface area contributed by atoms with Gasteiger partial charge in [0.1, 0.15) is 0 Å². The van der Waals surface area contributed by atoms with Gasteiger partial charge in [-0.2, -0.15) is 0 Å². The number of benzene rings is 1. The molecule has 0 bridgehead atoms. The standard InChI is InChI=1S/C17H24N2O2/c1-21-17(20)16-12-19(10-13-5-3-2-4-6-13)11-14-9-18-8-7-15(14)16/h2-6,14-16,18H,7-12H2,1H3. The van der Waals surface area contributed by atoms with Crippen LogP contribution in [0.5, 0.6) is 0 Å².